The smallest absolute Gasteiger partial charge is 0.308 e. The molecule has 0 radical (unpaired) electrons. The fourth-order valence-electron chi connectivity index (χ4n) is 2.66. The van der Waals surface area contributed by atoms with Crippen LogP contribution in [0.25, 0.3) is 0 Å². The van der Waals surface area contributed by atoms with E-state index < -0.39 is 22.7 Å². The van der Waals surface area contributed by atoms with Crippen molar-refractivity contribution in [1.82, 2.24) is 5.32 Å². The van der Waals surface area contributed by atoms with Crippen molar-refractivity contribution in [3.63, 3.8) is 0 Å². The summed E-state index contributed by atoms with van der Waals surface area (Å²) in [6.45, 7) is 1.79. The third-order valence-electron chi connectivity index (χ3n) is 4.07. The van der Waals surface area contributed by atoms with E-state index in [0.29, 0.717) is 4.90 Å². The van der Waals surface area contributed by atoms with E-state index >= 15 is 0 Å². The summed E-state index contributed by atoms with van der Waals surface area (Å²) in [5.74, 6) is -2.53. The highest BCUT2D eigenvalue weighted by molar-refractivity contribution is 7.98. The van der Waals surface area contributed by atoms with Crippen LogP contribution in [0.4, 0.5) is 5.69 Å². The van der Waals surface area contributed by atoms with Crippen LogP contribution in [0.2, 0.25) is 0 Å². The Balaban J connectivity index is 2.14. The number of hydrogen-bond donors (Lipinski definition) is 2. The number of carbonyl (C=O) groups excluding carboxylic acids is 1. The second-order valence-electron chi connectivity index (χ2n) is 6.08. The second kappa shape index (κ2) is 9.18. The zero-order valence-corrected chi connectivity index (χ0v) is 15.8. The molecule has 142 valence electrons. The van der Waals surface area contributed by atoms with E-state index in [2.05, 4.69) is 5.32 Å². The minimum atomic E-state index is -1.04. The van der Waals surface area contributed by atoms with E-state index in [1.165, 1.54) is 23.9 Å². The molecule has 1 atom stereocenters. The molecule has 2 rings (SSSR count). The normalized spacial score (nSPS) is 11.6. The van der Waals surface area contributed by atoms with E-state index in [-0.39, 0.29) is 24.2 Å². The first-order valence-corrected chi connectivity index (χ1v) is 9.43. The van der Waals surface area contributed by atoms with Crippen LogP contribution < -0.4 is 5.32 Å². The number of nitro benzene ring substituents is 1. The Kier molecular flexibility index (Phi) is 6.95. The Labute approximate surface area is 160 Å². The number of amides is 1. The van der Waals surface area contributed by atoms with Crippen LogP contribution in [0.5, 0.6) is 0 Å². The number of carboxylic acid groups (broad SMARTS) is 1. The van der Waals surface area contributed by atoms with Crippen LogP contribution in [0.3, 0.4) is 0 Å². The minimum Gasteiger partial charge on any atom is -0.481 e. The summed E-state index contributed by atoms with van der Waals surface area (Å²) in [6, 6.07) is 11.8. The predicted octanol–water partition coefficient (Wildman–Crippen LogP) is 3.30. The van der Waals surface area contributed by atoms with Gasteiger partial charge in [-0.3, -0.25) is 19.7 Å². The Morgan fingerprint density at radius 1 is 1.26 bits per heavy atom. The summed E-state index contributed by atoms with van der Waals surface area (Å²) in [4.78, 5) is 35.3. The van der Waals surface area contributed by atoms with Crippen molar-refractivity contribution < 1.29 is 19.6 Å². The zero-order valence-electron chi connectivity index (χ0n) is 15.0. The number of thioether (sulfide) groups is 1. The highest BCUT2D eigenvalue weighted by Crippen LogP contribution is 2.24. The molecule has 0 saturated heterocycles. The molecule has 2 aromatic rings. The number of hydrogen-bond acceptors (Lipinski definition) is 5. The van der Waals surface area contributed by atoms with Gasteiger partial charge in [0.05, 0.1) is 10.8 Å². The highest BCUT2D eigenvalue weighted by Gasteiger charge is 2.24. The molecule has 1 unspecified atom stereocenters. The van der Waals surface area contributed by atoms with Crippen LogP contribution in [-0.2, 0) is 11.2 Å². The zero-order chi connectivity index (χ0) is 20.0. The standard InChI is InChI=1S/C19H20N2O5S/c1-12-4-3-5-13(8-12)9-14(19(23)24)11-20-18(22)16-10-15(27-2)6-7-17(16)21(25)26/h3-8,10,14H,9,11H2,1-2H3,(H,20,22)(H,23,24). The first-order chi connectivity index (χ1) is 12.8. The lowest BCUT2D eigenvalue weighted by molar-refractivity contribution is -0.385. The summed E-state index contributed by atoms with van der Waals surface area (Å²) in [5.41, 5.74) is 1.49. The topological polar surface area (TPSA) is 110 Å². The van der Waals surface area contributed by atoms with Crippen molar-refractivity contribution >= 4 is 29.3 Å². The number of nitrogens with zero attached hydrogens (tertiary/aromatic N) is 1. The fourth-order valence-corrected chi connectivity index (χ4v) is 3.10. The fraction of sp³-hybridized carbons (Fsp3) is 0.263. The van der Waals surface area contributed by atoms with Crippen LogP contribution >= 0.6 is 11.8 Å². The molecule has 8 heteroatoms. The van der Waals surface area contributed by atoms with Gasteiger partial charge >= 0.3 is 5.97 Å². The molecule has 0 aromatic heterocycles. The molecule has 0 fully saturated rings. The Bertz CT molecular complexity index is 869. The van der Waals surface area contributed by atoms with Gasteiger partial charge in [0, 0.05) is 17.5 Å². The number of nitro groups is 1. The summed E-state index contributed by atoms with van der Waals surface area (Å²) in [5, 5.41) is 23.1. The maximum absolute atomic E-state index is 12.5. The van der Waals surface area contributed by atoms with E-state index in [1.807, 2.05) is 31.2 Å². The molecule has 2 aromatic carbocycles. The van der Waals surface area contributed by atoms with Crippen molar-refractivity contribution in [2.24, 2.45) is 5.92 Å². The quantitative estimate of drug-likeness (QED) is 0.408. The third kappa shape index (κ3) is 5.55. The van der Waals surface area contributed by atoms with Gasteiger partial charge in [0.2, 0.25) is 0 Å². The summed E-state index contributed by atoms with van der Waals surface area (Å²) in [6.07, 6.45) is 2.05. The molecule has 27 heavy (non-hydrogen) atoms. The Morgan fingerprint density at radius 3 is 2.59 bits per heavy atom. The average molecular weight is 388 g/mol. The van der Waals surface area contributed by atoms with Crippen molar-refractivity contribution in [3.05, 3.63) is 69.3 Å². The first-order valence-electron chi connectivity index (χ1n) is 8.20. The van der Waals surface area contributed by atoms with Gasteiger partial charge in [-0.25, -0.2) is 0 Å². The van der Waals surface area contributed by atoms with Crippen molar-refractivity contribution in [2.45, 2.75) is 18.2 Å². The van der Waals surface area contributed by atoms with Gasteiger partial charge in [0.15, 0.2) is 0 Å². The number of nitrogens with one attached hydrogen (secondary N) is 1. The molecule has 0 aliphatic heterocycles. The molecule has 7 nitrogen and oxygen atoms in total. The van der Waals surface area contributed by atoms with Gasteiger partial charge in [0.25, 0.3) is 11.6 Å². The van der Waals surface area contributed by atoms with Gasteiger partial charge in [-0.15, -0.1) is 11.8 Å². The van der Waals surface area contributed by atoms with Gasteiger partial charge in [0.1, 0.15) is 5.56 Å². The van der Waals surface area contributed by atoms with Crippen molar-refractivity contribution in [2.75, 3.05) is 12.8 Å². The van der Waals surface area contributed by atoms with Gasteiger partial charge in [-0.05, 0) is 37.3 Å². The van der Waals surface area contributed by atoms with Crippen molar-refractivity contribution in [1.29, 1.82) is 0 Å². The molecular formula is C19H20N2O5S. The maximum atomic E-state index is 12.5. The molecule has 0 spiro atoms. The van der Waals surface area contributed by atoms with E-state index in [0.717, 1.165) is 11.1 Å². The lowest BCUT2D eigenvalue weighted by atomic mass is 9.98. The van der Waals surface area contributed by atoms with Crippen LogP contribution in [-0.4, -0.2) is 34.7 Å². The molecular weight excluding hydrogens is 368 g/mol. The molecule has 0 bridgehead atoms. The number of aliphatic carboxylic acids is 1. The Morgan fingerprint density at radius 2 is 2.00 bits per heavy atom. The lowest BCUT2D eigenvalue weighted by Gasteiger charge is -2.14. The van der Waals surface area contributed by atoms with E-state index in [1.54, 1.807) is 12.3 Å². The number of rotatable bonds is 8. The lowest BCUT2D eigenvalue weighted by Crippen LogP contribution is -2.34. The summed E-state index contributed by atoms with van der Waals surface area (Å²) >= 11 is 1.36. The highest BCUT2D eigenvalue weighted by atomic mass is 32.2. The van der Waals surface area contributed by atoms with Gasteiger partial charge in [-0.1, -0.05) is 29.8 Å². The molecule has 2 N–H and O–H groups in total. The van der Waals surface area contributed by atoms with Gasteiger partial charge in [-0.2, -0.15) is 0 Å². The SMILES string of the molecule is CSc1ccc([N+](=O)[O-])c(C(=O)NCC(Cc2cccc(C)c2)C(=O)O)c1. The molecule has 1 amide bonds. The average Bonchev–Trinajstić information content (AvgIpc) is 2.64. The predicted molar refractivity (Wildman–Crippen MR) is 103 cm³/mol. The van der Waals surface area contributed by atoms with E-state index in [9.17, 15) is 24.8 Å². The summed E-state index contributed by atoms with van der Waals surface area (Å²) < 4.78 is 0. The molecule has 0 aliphatic rings. The van der Waals surface area contributed by atoms with Crippen molar-refractivity contribution in [3.8, 4) is 0 Å². The molecule has 0 saturated carbocycles. The van der Waals surface area contributed by atoms with Crippen LogP contribution in [0.15, 0.2) is 47.4 Å². The van der Waals surface area contributed by atoms with Crippen LogP contribution in [0, 0.1) is 23.0 Å². The van der Waals surface area contributed by atoms with E-state index in [4.69, 9.17) is 0 Å². The number of carboxylic acids is 1. The monoisotopic (exact) mass is 388 g/mol. The molecule has 0 aliphatic carbocycles. The number of aryl methyl sites for hydroxylation is 1. The second-order valence-corrected chi connectivity index (χ2v) is 6.96. The maximum Gasteiger partial charge on any atom is 0.308 e. The number of benzene rings is 2. The largest absolute Gasteiger partial charge is 0.481 e. The first kappa shape index (κ1) is 20.4. The molecule has 0 heterocycles. The number of carbonyl (C=O) groups is 2. The minimum absolute atomic E-state index is 0.0773. The summed E-state index contributed by atoms with van der Waals surface area (Å²) in [7, 11) is 0. The third-order valence-corrected chi connectivity index (χ3v) is 4.79. The van der Waals surface area contributed by atoms with Gasteiger partial charge < -0.3 is 10.4 Å². The van der Waals surface area contributed by atoms with Crippen LogP contribution in [0.1, 0.15) is 21.5 Å². The Hall–Kier alpha value is -2.87.